The lowest BCUT2D eigenvalue weighted by atomic mass is 10.0. The zero-order valence-electron chi connectivity index (χ0n) is 66.1. The van der Waals surface area contributed by atoms with Crippen molar-refractivity contribution < 1.29 is 36.1 Å². The first-order valence-corrected chi connectivity index (χ1v) is 29.7. The number of rotatable bonds is 12. The SMILES string of the molecule is [2H]C([2H])(C)c1ccc(-c2ccc(-c3ccccc3C)[n+](C)c2)cn1.[2H]C([2H])([2H])C([2H])(C)Cc1nccc(-c2ccc(-c3ccccc3C)[n+](C)c2)n1.[2H]C([2H])([2H])C([2H])(C)c1nccc(-c2ccc(-c3ccccc3C)[n+](C)c2)n1.[2H]C([2H])([2H])c1ccc(-c2ccc(-c3ccccc3C)[n+](C)c2)cn1. The number of nitrogens with zero attached hydrogens (tertiary/aromatic N) is 10. The van der Waals surface area contributed by atoms with Crippen molar-refractivity contribution in [3.05, 3.63) is 277 Å². The van der Waals surface area contributed by atoms with Crippen molar-refractivity contribution >= 4 is 0 Å². The van der Waals surface area contributed by atoms with Crippen molar-refractivity contribution in [1.29, 1.82) is 0 Å². The minimum Gasteiger partial charge on any atom is -0.261 e. The van der Waals surface area contributed by atoms with Crippen LogP contribution in [0, 0.1) is 40.4 Å². The summed E-state index contributed by atoms with van der Waals surface area (Å²) in [6.45, 7) is 5.54. The maximum atomic E-state index is 8.20. The number of aryl methyl sites for hydroxylation is 10. The predicted octanol–water partition coefficient (Wildman–Crippen LogP) is 16.2. The minimum atomic E-state index is -2.51. The molecule has 2 unspecified atom stereocenters. The maximum Gasteiger partial charge on any atom is 0.212 e. The lowest BCUT2D eigenvalue weighted by Gasteiger charge is -2.07. The van der Waals surface area contributed by atoms with Crippen molar-refractivity contribution in [2.45, 2.75) is 87.7 Å². The van der Waals surface area contributed by atoms with Gasteiger partial charge in [-0.15, -0.1) is 0 Å². The molecule has 4 aromatic carbocycles. The summed E-state index contributed by atoms with van der Waals surface area (Å²) in [5.41, 5.74) is 21.6. The summed E-state index contributed by atoms with van der Waals surface area (Å²) in [4.78, 5) is 25.4. The number of aromatic nitrogens is 10. The Morgan fingerprint density at radius 1 is 0.422 bits per heavy atom. The van der Waals surface area contributed by atoms with E-state index in [9.17, 15) is 0 Å². The maximum absolute atomic E-state index is 8.20. The molecule has 12 aromatic rings. The highest BCUT2D eigenvalue weighted by molar-refractivity contribution is 5.69. The molecule has 10 heteroatoms. The Labute approximate surface area is 552 Å². The van der Waals surface area contributed by atoms with E-state index >= 15 is 0 Å². The monoisotopic (exact) mass is 1200 g/mol. The smallest absolute Gasteiger partial charge is 0.212 e. The van der Waals surface area contributed by atoms with Crippen molar-refractivity contribution in [2.24, 2.45) is 34.1 Å². The normalized spacial score (nSPS) is 14.9. The second-order valence-electron chi connectivity index (χ2n) is 22.2. The Morgan fingerprint density at radius 2 is 0.822 bits per heavy atom. The van der Waals surface area contributed by atoms with E-state index in [4.69, 9.17) is 17.8 Å². The zero-order chi connectivity index (χ0) is 75.0. The molecule has 0 aliphatic carbocycles. The van der Waals surface area contributed by atoms with E-state index in [0.29, 0.717) is 22.9 Å². The third-order valence-electron chi connectivity index (χ3n) is 15.4. The highest BCUT2D eigenvalue weighted by atomic mass is 14.9. The summed E-state index contributed by atoms with van der Waals surface area (Å²) in [5, 5.41) is 0. The molecule has 0 aliphatic heterocycles. The number of benzene rings is 4. The van der Waals surface area contributed by atoms with Crippen molar-refractivity contribution in [1.82, 2.24) is 29.9 Å². The molecule has 0 spiro atoms. The predicted molar refractivity (Wildman–Crippen MR) is 366 cm³/mol. The van der Waals surface area contributed by atoms with Gasteiger partial charge in [-0.05, 0) is 142 Å². The topological polar surface area (TPSA) is 92.9 Å². The van der Waals surface area contributed by atoms with E-state index in [1.165, 1.54) is 65.9 Å². The van der Waals surface area contributed by atoms with Crippen LogP contribution >= 0.6 is 0 Å². The fraction of sp³-hybridized carbons (Fsp3) is 0.225. The van der Waals surface area contributed by atoms with Gasteiger partial charge >= 0.3 is 0 Å². The second kappa shape index (κ2) is 30.2. The minimum absolute atomic E-state index is 0.00867. The Balaban J connectivity index is 0.000000160. The molecule has 10 nitrogen and oxygen atoms in total. The molecule has 0 saturated heterocycles. The fourth-order valence-electron chi connectivity index (χ4n) is 10.5. The molecule has 8 heterocycles. The molecule has 0 N–H and O–H groups in total. The quantitative estimate of drug-likeness (QED) is 0.113. The molecule has 0 aliphatic rings. The van der Waals surface area contributed by atoms with Crippen LogP contribution in [0.1, 0.15) is 103 Å². The van der Waals surface area contributed by atoms with E-state index in [0.717, 1.165) is 61.7 Å². The van der Waals surface area contributed by atoms with E-state index < -0.39 is 38.7 Å². The molecule has 12 rings (SSSR count). The van der Waals surface area contributed by atoms with Gasteiger partial charge in [0.2, 0.25) is 22.8 Å². The number of hydrogen-bond donors (Lipinski definition) is 0. The van der Waals surface area contributed by atoms with E-state index in [-0.39, 0.29) is 17.9 Å². The van der Waals surface area contributed by atoms with Gasteiger partial charge in [0.1, 0.15) is 39.8 Å². The van der Waals surface area contributed by atoms with Gasteiger partial charge in [-0.2, -0.15) is 0 Å². The van der Waals surface area contributed by atoms with Gasteiger partial charge in [0.15, 0.2) is 24.8 Å². The number of hydrogen-bond acceptors (Lipinski definition) is 6. The van der Waals surface area contributed by atoms with E-state index in [1.807, 2.05) is 124 Å². The highest BCUT2D eigenvalue weighted by Crippen LogP contribution is 2.28. The summed E-state index contributed by atoms with van der Waals surface area (Å²) < 4.78 is 108. The molecule has 0 saturated carbocycles. The van der Waals surface area contributed by atoms with Gasteiger partial charge in [0.05, 0.1) is 22.5 Å². The molecule has 0 radical (unpaired) electrons. The number of pyridine rings is 6. The van der Waals surface area contributed by atoms with Crippen LogP contribution in [-0.2, 0) is 41.0 Å². The molecule has 0 fully saturated rings. The molecule has 8 aromatic heterocycles. The van der Waals surface area contributed by atoms with Crippen molar-refractivity contribution in [3.63, 3.8) is 0 Å². The average Bonchev–Trinajstić information content (AvgIpc) is 0.794. The molecular weight excluding hydrogens is 1100 g/mol. The van der Waals surface area contributed by atoms with Crippen LogP contribution in [0.3, 0.4) is 0 Å². The Morgan fingerprint density at radius 3 is 1.20 bits per heavy atom. The summed E-state index contributed by atoms with van der Waals surface area (Å²) in [6.07, 6.45) is 13.1. The van der Waals surface area contributed by atoms with Gasteiger partial charge in [0.25, 0.3) is 0 Å². The van der Waals surface area contributed by atoms with Gasteiger partial charge in [-0.25, -0.2) is 38.2 Å². The van der Waals surface area contributed by atoms with Crippen LogP contribution in [0.4, 0.5) is 0 Å². The first-order valence-electron chi connectivity index (χ1n) is 36.2. The lowest BCUT2D eigenvalue weighted by Crippen LogP contribution is -2.31. The Bertz CT molecular complexity index is 4800. The summed E-state index contributed by atoms with van der Waals surface area (Å²) in [5.74, 6) is -3.15. The average molecular weight is 1200 g/mol. The Hall–Kier alpha value is -10.1. The van der Waals surface area contributed by atoms with Crippen molar-refractivity contribution in [3.8, 4) is 89.8 Å². The first-order chi connectivity index (χ1) is 48.4. The van der Waals surface area contributed by atoms with Gasteiger partial charge in [-0.1, -0.05) is 119 Å². The summed E-state index contributed by atoms with van der Waals surface area (Å²) >= 11 is 0. The van der Waals surface area contributed by atoms with Gasteiger partial charge in [0, 0.05) is 135 Å². The van der Waals surface area contributed by atoms with Crippen molar-refractivity contribution in [2.75, 3.05) is 0 Å². The molecule has 0 amide bonds. The molecule has 90 heavy (non-hydrogen) atoms. The van der Waals surface area contributed by atoms with Crippen LogP contribution in [-0.4, -0.2) is 29.9 Å². The molecule has 452 valence electrons. The third kappa shape index (κ3) is 16.4. The van der Waals surface area contributed by atoms with Gasteiger partial charge < -0.3 is 0 Å². The highest BCUT2D eigenvalue weighted by Gasteiger charge is 2.19. The third-order valence-corrected chi connectivity index (χ3v) is 15.4. The van der Waals surface area contributed by atoms with E-state index in [1.54, 1.807) is 48.9 Å². The summed E-state index contributed by atoms with van der Waals surface area (Å²) in [7, 11) is 8.00. The molecule has 2 atom stereocenters. The lowest BCUT2D eigenvalue weighted by molar-refractivity contribution is -0.660. The second-order valence-corrected chi connectivity index (χ2v) is 22.2. The fourth-order valence-corrected chi connectivity index (χ4v) is 10.5. The molecular formula is C80H86N10+4. The van der Waals surface area contributed by atoms with Crippen LogP contribution in [0.25, 0.3) is 89.8 Å². The molecule has 0 bridgehead atoms. The van der Waals surface area contributed by atoms with Gasteiger partial charge in [-0.3, -0.25) is 9.97 Å². The summed E-state index contributed by atoms with van der Waals surface area (Å²) in [6, 6.07) is 59.9. The van der Waals surface area contributed by atoms with E-state index in [2.05, 4.69) is 156 Å². The standard InChI is InChI=1S/C21H24N3.C20H22N3.C20H21N2.C19H19N2/c1-15(2)13-21-22-12-11-19(23-21)17-9-10-20(24(4)14-17)18-8-6-5-7-16(18)3;1-14(2)20-21-12-11-18(22-20)16-9-10-19(23(4)13-16)17-8-6-5-7-15(17)3;1-4-18-11-9-16(13-21-18)17-10-12-20(22(3)14-17)19-8-6-5-7-15(19)2;1-14-6-4-5-7-18(14)19-11-10-17(13-21(19)3)16-9-8-15(2)20-12-16/h5-12,14-15H,13H2,1-4H3;5-14H,1-4H3;5-14H,4H2,1-3H3;4-13H,1-3H3/q4*+1/i1D3,15D;1D3,14D;4D2;2D3. The van der Waals surface area contributed by atoms with Crippen LogP contribution in [0.2, 0.25) is 0 Å². The zero-order valence-corrected chi connectivity index (χ0v) is 53.1. The van der Waals surface area contributed by atoms with Crippen LogP contribution in [0.5, 0.6) is 0 Å². The van der Waals surface area contributed by atoms with Crippen LogP contribution < -0.4 is 18.3 Å². The first kappa shape index (κ1) is 48.9. The van der Waals surface area contributed by atoms with Crippen LogP contribution in [0.15, 0.2) is 232 Å². The Kier molecular flexibility index (Phi) is 16.4. The largest absolute Gasteiger partial charge is 0.261 e.